The van der Waals surface area contributed by atoms with Gasteiger partial charge in [0.1, 0.15) is 0 Å². The quantitative estimate of drug-likeness (QED) is 0.876. The van der Waals surface area contributed by atoms with E-state index in [1.54, 1.807) is 17.7 Å². The Hall–Kier alpha value is -1.29. The van der Waals surface area contributed by atoms with E-state index < -0.39 is 0 Å². The zero-order valence-corrected chi connectivity index (χ0v) is 13.5. The molecule has 2 rings (SSSR count). The minimum absolute atomic E-state index is 0.0293. The van der Waals surface area contributed by atoms with Gasteiger partial charge in [-0.1, -0.05) is 26.7 Å². The fourth-order valence-electron chi connectivity index (χ4n) is 3.33. The maximum Gasteiger partial charge on any atom is 0.250 e. The molecular formula is C17H28N2O2. The predicted octanol–water partition coefficient (Wildman–Crippen LogP) is 3.12. The number of anilines is 1. The molecule has 0 saturated heterocycles. The van der Waals surface area contributed by atoms with Crippen molar-refractivity contribution in [2.75, 3.05) is 19.0 Å². The summed E-state index contributed by atoms with van der Waals surface area (Å²) in [6, 6.07) is 4.06. The van der Waals surface area contributed by atoms with Gasteiger partial charge in [-0.05, 0) is 30.7 Å². The van der Waals surface area contributed by atoms with Gasteiger partial charge in [0.25, 0.3) is 5.56 Å². The van der Waals surface area contributed by atoms with Crippen LogP contribution in [0.1, 0.15) is 39.5 Å². The van der Waals surface area contributed by atoms with Gasteiger partial charge in [0.2, 0.25) is 0 Å². The van der Waals surface area contributed by atoms with E-state index >= 15 is 0 Å². The molecule has 0 bridgehead atoms. The molecule has 1 saturated carbocycles. The van der Waals surface area contributed by atoms with Crippen LogP contribution in [0.2, 0.25) is 0 Å². The van der Waals surface area contributed by atoms with E-state index in [-0.39, 0.29) is 5.56 Å². The van der Waals surface area contributed by atoms with Gasteiger partial charge in [-0.25, -0.2) is 0 Å². The normalized spacial score (nSPS) is 22.5. The zero-order chi connectivity index (χ0) is 15.2. The smallest absolute Gasteiger partial charge is 0.250 e. The number of aromatic nitrogens is 1. The van der Waals surface area contributed by atoms with E-state index in [2.05, 4.69) is 19.2 Å². The van der Waals surface area contributed by atoms with Crippen molar-refractivity contribution in [2.45, 2.75) is 52.1 Å². The average molecular weight is 292 g/mol. The van der Waals surface area contributed by atoms with Crippen LogP contribution in [0, 0.1) is 11.8 Å². The minimum atomic E-state index is 0.0293. The van der Waals surface area contributed by atoms with Crippen LogP contribution in [-0.4, -0.2) is 24.3 Å². The molecule has 2 atom stereocenters. The molecule has 1 aliphatic rings. The highest BCUT2D eigenvalue weighted by atomic mass is 16.5. The molecule has 1 aliphatic carbocycles. The molecule has 2 unspecified atom stereocenters. The number of ether oxygens (including phenoxy) is 1. The summed E-state index contributed by atoms with van der Waals surface area (Å²) in [7, 11) is 1.66. The molecule has 4 nitrogen and oxygen atoms in total. The van der Waals surface area contributed by atoms with Gasteiger partial charge in [-0.15, -0.1) is 0 Å². The molecule has 0 spiro atoms. The van der Waals surface area contributed by atoms with Crippen LogP contribution in [-0.2, 0) is 11.3 Å². The van der Waals surface area contributed by atoms with Gasteiger partial charge in [-0.3, -0.25) is 4.79 Å². The summed E-state index contributed by atoms with van der Waals surface area (Å²) in [6.07, 6.45) is 7.09. The van der Waals surface area contributed by atoms with E-state index in [1.807, 2.05) is 12.3 Å². The van der Waals surface area contributed by atoms with Crippen LogP contribution >= 0.6 is 0 Å². The number of methoxy groups -OCH3 is 1. The third-order valence-corrected chi connectivity index (χ3v) is 4.55. The summed E-state index contributed by atoms with van der Waals surface area (Å²) in [4.78, 5) is 11.8. The Morgan fingerprint density at radius 3 is 2.81 bits per heavy atom. The summed E-state index contributed by atoms with van der Waals surface area (Å²) in [5.41, 5.74) is 1.07. The third-order valence-electron chi connectivity index (χ3n) is 4.55. The fraction of sp³-hybridized carbons (Fsp3) is 0.706. The first-order valence-corrected chi connectivity index (χ1v) is 8.07. The molecule has 1 heterocycles. The molecular weight excluding hydrogens is 264 g/mol. The second-order valence-electron chi connectivity index (χ2n) is 6.39. The molecule has 1 fully saturated rings. The Morgan fingerprint density at radius 1 is 1.33 bits per heavy atom. The Balaban J connectivity index is 2.09. The third kappa shape index (κ3) is 4.34. The van der Waals surface area contributed by atoms with Crippen molar-refractivity contribution in [3.05, 3.63) is 28.7 Å². The van der Waals surface area contributed by atoms with Gasteiger partial charge in [0.15, 0.2) is 0 Å². The lowest BCUT2D eigenvalue weighted by Gasteiger charge is -2.35. The molecule has 0 radical (unpaired) electrons. The molecule has 1 aromatic rings. The van der Waals surface area contributed by atoms with Crippen LogP contribution in [0.25, 0.3) is 0 Å². The van der Waals surface area contributed by atoms with Crippen LogP contribution in [0.4, 0.5) is 5.69 Å². The van der Waals surface area contributed by atoms with E-state index in [1.165, 1.54) is 25.7 Å². The Labute approximate surface area is 127 Å². The predicted molar refractivity (Wildman–Crippen MR) is 86.8 cm³/mol. The molecule has 1 aromatic heterocycles. The second kappa shape index (κ2) is 7.64. The first-order valence-electron chi connectivity index (χ1n) is 8.07. The van der Waals surface area contributed by atoms with Crippen molar-refractivity contribution in [1.29, 1.82) is 0 Å². The van der Waals surface area contributed by atoms with Crippen LogP contribution in [0.15, 0.2) is 23.1 Å². The molecule has 21 heavy (non-hydrogen) atoms. The number of nitrogens with zero attached hydrogens (tertiary/aromatic N) is 1. The first-order chi connectivity index (χ1) is 10.1. The summed E-state index contributed by atoms with van der Waals surface area (Å²) >= 11 is 0. The maximum absolute atomic E-state index is 11.8. The SMILES string of the molecule is COCCn1cc(NC2CCCCC2C(C)C)ccc1=O. The van der Waals surface area contributed by atoms with Gasteiger partial charge >= 0.3 is 0 Å². The van der Waals surface area contributed by atoms with Crippen molar-refractivity contribution in [2.24, 2.45) is 11.8 Å². The lowest BCUT2D eigenvalue weighted by Crippen LogP contribution is -2.35. The Bertz CT molecular complexity index is 496. The van der Waals surface area contributed by atoms with Gasteiger partial charge < -0.3 is 14.6 Å². The van der Waals surface area contributed by atoms with Gasteiger partial charge in [0, 0.05) is 32.0 Å². The molecule has 1 N–H and O–H groups in total. The molecule has 4 heteroatoms. The first kappa shape index (κ1) is 16.1. The minimum Gasteiger partial charge on any atom is -0.383 e. The van der Waals surface area contributed by atoms with Gasteiger partial charge in [-0.2, -0.15) is 0 Å². The molecule has 0 aliphatic heterocycles. The highest BCUT2D eigenvalue weighted by molar-refractivity contribution is 5.41. The van der Waals surface area contributed by atoms with Crippen LogP contribution < -0.4 is 10.9 Å². The largest absolute Gasteiger partial charge is 0.383 e. The van der Waals surface area contributed by atoms with Gasteiger partial charge in [0.05, 0.1) is 12.3 Å². The standard InChI is InChI=1S/C17H28N2O2/c1-13(2)15-6-4-5-7-16(15)18-14-8-9-17(20)19(12-14)10-11-21-3/h8-9,12-13,15-16,18H,4-7,10-11H2,1-3H3. The summed E-state index contributed by atoms with van der Waals surface area (Å²) < 4.78 is 6.78. The second-order valence-corrected chi connectivity index (χ2v) is 6.39. The summed E-state index contributed by atoms with van der Waals surface area (Å²) in [5.74, 6) is 1.42. The van der Waals surface area contributed by atoms with E-state index in [0.29, 0.717) is 25.1 Å². The van der Waals surface area contributed by atoms with Crippen LogP contribution in [0.5, 0.6) is 0 Å². The van der Waals surface area contributed by atoms with Crippen molar-refractivity contribution < 1.29 is 4.74 Å². The lowest BCUT2D eigenvalue weighted by atomic mass is 9.78. The number of rotatable bonds is 6. The van der Waals surface area contributed by atoms with Crippen molar-refractivity contribution in [3.63, 3.8) is 0 Å². The van der Waals surface area contributed by atoms with Crippen LogP contribution in [0.3, 0.4) is 0 Å². The van der Waals surface area contributed by atoms with Crippen molar-refractivity contribution in [1.82, 2.24) is 4.57 Å². The molecule has 0 amide bonds. The Kier molecular flexibility index (Phi) is 5.85. The topological polar surface area (TPSA) is 43.3 Å². The maximum atomic E-state index is 11.8. The lowest BCUT2D eigenvalue weighted by molar-refractivity contribution is 0.186. The van der Waals surface area contributed by atoms with E-state index in [9.17, 15) is 4.79 Å². The van der Waals surface area contributed by atoms with Crippen molar-refractivity contribution in [3.8, 4) is 0 Å². The van der Waals surface area contributed by atoms with Crippen molar-refractivity contribution >= 4 is 5.69 Å². The number of pyridine rings is 1. The molecule has 118 valence electrons. The zero-order valence-electron chi connectivity index (χ0n) is 13.5. The fourth-order valence-corrected chi connectivity index (χ4v) is 3.33. The monoisotopic (exact) mass is 292 g/mol. The molecule has 0 aromatic carbocycles. The van der Waals surface area contributed by atoms with E-state index in [4.69, 9.17) is 4.74 Å². The highest BCUT2D eigenvalue weighted by Gasteiger charge is 2.27. The number of nitrogens with one attached hydrogen (secondary N) is 1. The summed E-state index contributed by atoms with van der Waals surface area (Å²) in [6.45, 7) is 5.78. The number of hydrogen-bond acceptors (Lipinski definition) is 3. The Morgan fingerprint density at radius 2 is 2.10 bits per heavy atom. The van der Waals surface area contributed by atoms with E-state index in [0.717, 1.165) is 11.6 Å². The number of hydrogen-bond donors (Lipinski definition) is 1. The summed E-state index contributed by atoms with van der Waals surface area (Å²) in [5, 5.41) is 3.66. The highest BCUT2D eigenvalue weighted by Crippen LogP contribution is 2.32. The average Bonchev–Trinajstić information content (AvgIpc) is 2.48.